The summed E-state index contributed by atoms with van der Waals surface area (Å²) in [6, 6.07) is 6.83. The van der Waals surface area contributed by atoms with Crippen molar-refractivity contribution in [1.82, 2.24) is 4.98 Å². The number of alkyl halides is 3. The van der Waals surface area contributed by atoms with Gasteiger partial charge in [-0.05, 0) is 37.3 Å². The van der Waals surface area contributed by atoms with E-state index in [1.54, 1.807) is 0 Å². The molecule has 0 N–H and O–H groups in total. The lowest BCUT2D eigenvalue weighted by molar-refractivity contribution is -0.137. The van der Waals surface area contributed by atoms with Gasteiger partial charge in [0.15, 0.2) is 5.78 Å². The Balaban J connectivity index is 2.22. The molecule has 0 aliphatic heterocycles. The molecule has 0 amide bonds. The topological polar surface area (TPSA) is 39.2 Å². The van der Waals surface area contributed by atoms with Gasteiger partial charge in [0.05, 0.1) is 5.56 Å². The van der Waals surface area contributed by atoms with Crippen LogP contribution < -0.4 is 4.74 Å². The number of nitrogens with zero attached hydrogens (tertiary/aromatic N) is 1. The maximum absolute atomic E-state index is 12.5. The second kappa shape index (κ2) is 5.73. The van der Waals surface area contributed by atoms with Crippen LogP contribution in [0.4, 0.5) is 13.2 Å². The zero-order valence-electron chi connectivity index (χ0n) is 10.7. The standard InChI is InChI=1S/C14H9ClF3NO2/c1-8(20)9-2-4-11(5-3-9)21-13-12(15)6-10(7-19-13)14(16,17)18/h2-7H,1H3. The number of benzene rings is 1. The number of carbonyl (C=O) groups excluding carboxylic acids is 1. The van der Waals surface area contributed by atoms with Crippen molar-refractivity contribution < 1.29 is 22.7 Å². The van der Waals surface area contributed by atoms with Crippen LogP contribution in [0.3, 0.4) is 0 Å². The number of ketones is 1. The van der Waals surface area contributed by atoms with Crippen molar-refractivity contribution in [2.45, 2.75) is 13.1 Å². The molecule has 110 valence electrons. The Morgan fingerprint density at radius 3 is 2.33 bits per heavy atom. The average Bonchev–Trinajstić information content (AvgIpc) is 2.40. The summed E-state index contributed by atoms with van der Waals surface area (Å²) in [4.78, 5) is 14.7. The maximum Gasteiger partial charge on any atom is 0.417 e. The van der Waals surface area contributed by atoms with Gasteiger partial charge in [-0.1, -0.05) is 11.6 Å². The molecule has 0 atom stereocenters. The fraction of sp³-hybridized carbons (Fsp3) is 0.143. The monoisotopic (exact) mass is 315 g/mol. The minimum Gasteiger partial charge on any atom is -0.438 e. The minimum atomic E-state index is -4.52. The number of hydrogen-bond donors (Lipinski definition) is 0. The van der Waals surface area contributed by atoms with E-state index in [-0.39, 0.29) is 16.7 Å². The van der Waals surface area contributed by atoms with Crippen molar-refractivity contribution in [2.75, 3.05) is 0 Å². The fourth-order valence-corrected chi connectivity index (χ4v) is 1.73. The minimum absolute atomic E-state index is 0.104. The predicted octanol–water partition coefficient (Wildman–Crippen LogP) is 4.75. The third-order valence-electron chi connectivity index (χ3n) is 2.61. The molecule has 1 heterocycles. The van der Waals surface area contributed by atoms with Crippen molar-refractivity contribution in [2.24, 2.45) is 0 Å². The van der Waals surface area contributed by atoms with E-state index in [1.807, 2.05) is 0 Å². The molecule has 2 aromatic rings. The van der Waals surface area contributed by atoms with Crippen molar-refractivity contribution >= 4 is 17.4 Å². The third kappa shape index (κ3) is 3.72. The van der Waals surface area contributed by atoms with Gasteiger partial charge in [-0.3, -0.25) is 4.79 Å². The first kappa shape index (κ1) is 15.3. The van der Waals surface area contributed by atoms with Crippen LogP contribution in [0.15, 0.2) is 36.5 Å². The van der Waals surface area contributed by atoms with Crippen LogP contribution in [0, 0.1) is 0 Å². The van der Waals surface area contributed by atoms with Crippen molar-refractivity contribution in [3.8, 4) is 11.6 Å². The van der Waals surface area contributed by atoms with Crippen molar-refractivity contribution in [3.63, 3.8) is 0 Å². The number of halogens is 4. The summed E-state index contributed by atoms with van der Waals surface area (Å²) >= 11 is 5.73. The molecule has 3 nitrogen and oxygen atoms in total. The van der Waals surface area contributed by atoms with E-state index >= 15 is 0 Å². The van der Waals surface area contributed by atoms with E-state index in [1.165, 1.54) is 31.2 Å². The zero-order chi connectivity index (χ0) is 15.6. The van der Waals surface area contributed by atoms with Crippen LogP contribution in [0.5, 0.6) is 11.6 Å². The average molecular weight is 316 g/mol. The molecule has 0 aliphatic rings. The van der Waals surface area contributed by atoms with Crippen LogP contribution >= 0.6 is 11.6 Å². The molecule has 0 fully saturated rings. The fourth-order valence-electron chi connectivity index (χ4n) is 1.52. The van der Waals surface area contributed by atoms with Crippen LogP contribution in [0.1, 0.15) is 22.8 Å². The first-order chi connectivity index (χ1) is 9.77. The second-order valence-corrected chi connectivity index (χ2v) is 4.60. The van der Waals surface area contributed by atoms with E-state index < -0.39 is 11.7 Å². The summed E-state index contributed by atoms with van der Waals surface area (Å²) in [5, 5.41) is -0.250. The molecule has 0 radical (unpaired) electrons. The third-order valence-corrected chi connectivity index (χ3v) is 2.88. The van der Waals surface area contributed by atoms with Gasteiger partial charge in [0, 0.05) is 11.8 Å². The van der Waals surface area contributed by atoms with Crippen molar-refractivity contribution in [1.29, 1.82) is 0 Å². The zero-order valence-corrected chi connectivity index (χ0v) is 11.5. The predicted molar refractivity (Wildman–Crippen MR) is 70.8 cm³/mol. The molecule has 7 heteroatoms. The Hall–Kier alpha value is -2.08. The Morgan fingerprint density at radius 1 is 1.24 bits per heavy atom. The van der Waals surface area contributed by atoms with Crippen molar-refractivity contribution in [3.05, 3.63) is 52.7 Å². The Kier molecular flexibility index (Phi) is 4.18. The van der Waals surface area contributed by atoms with Gasteiger partial charge >= 0.3 is 6.18 Å². The Bertz CT molecular complexity index is 669. The molecule has 1 aromatic carbocycles. The number of ether oxygens (including phenoxy) is 1. The summed E-state index contributed by atoms with van der Waals surface area (Å²) in [5.41, 5.74) is -0.458. The van der Waals surface area contributed by atoms with Gasteiger partial charge in [-0.2, -0.15) is 13.2 Å². The maximum atomic E-state index is 12.5. The molecular formula is C14H9ClF3NO2. The highest BCUT2D eigenvalue weighted by Gasteiger charge is 2.31. The lowest BCUT2D eigenvalue weighted by atomic mass is 10.1. The lowest BCUT2D eigenvalue weighted by Gasteiger charge is -2.10. The van der Waals surface area contributed by atoms with E-state index in [4.69, 9.17) is 16.3 Å². The van der Waals surface area contributed by atoms with Crippen LogP contribution in [0.2, 0.25) is 5.02 Å². The first-order valence-electron chi connectivity index (χ1n) is 5.79. The molecular weight excluding hydrogens is 307 g/mol. The number of hydrogen-bond acceptors (Lipinski definition) is 3. The summed E-state index contributed by atoms with van der Waals surface area (Å²) in [6.07, 6.45) is -3.87. The number of carbonyl (C=O) groups is 1. The Morgan fingerprint density at radius 2 is 1.86 bits per heavy atom. The van der Waals surface area contributed by atoms with Gasteiger partial charge < -0.3 is 4.74 Å². The quantitative estimate of drug-likeness (QED) is 0.767. The number of pyridine rings is 1. The molecule has 0 aliphatic carbocycles. The summed E-state index contributed by atoms with van der Waals surface area (Å²) in [6.45, 7) is 1.42. The molecule has 21 heavy (non-hydrogen) atoms. The van der Waals surface area contributed by atoms with Gasteiger partial charge in [-0.15, -0.1) is 0 Å². The molecule has 0 saturated heterocycles. The normalized spacial score (nSPS) is 11.3. The summed E-state index contributed by atoms with van der Waals surface area (Å²) in [5.74, 6) is 0.0710. The SMILES string of the molecule is CC(=O)c1ccc(Oc2ncc(C(F)(F)F)cc2Cl)cc1. The van der Waals surface area contributed by atoms with Gasteiger partial charge in [0.25, 0.3) is 0 Å². The van der Waals surface area contributed by atoms with E-state index in [9.17, 15) is 18.0 Å². The van der Waals surface area contributed by atoms with Crippen LogP contribution in [-0.4, -0.2) is 10.8 Å². The molecule has 0 unspecified atom stereocenters. The highest BCUT2D eigenvalue weighted by molar-refractivity contribution is 6.31. The second-order valence-electron chi connectivity index (χ2n) is 4.19. The first-order valence-corrected chi connectivity index (χ1v) is 6.17. The van der Waals surface area contributed by atoms with Gasteiger partial charge in [0.2, 0.25) is 5.88 Å². The van der Waals surface area contributed by atoms with Gasteiger partial charge in [0.1, 0.15) is 10.8 Å². The van der Waals surface area contributed by atoms with Crippen LogP contribution in [-0.2, 0) is 6.18 Å². The number of Topliss-reactive ketones (excluding diaryl/α,β-unsaturated/α-hetero) is 1. The largest absolute Gasteiger partial charge is 0.438 e. The summed E-state index contributed by atoms with van der Waals surface area (Å²) < 4.78 is 42.7. The summed E-state index contributed by atoms with van der Waals surface area (Å²) in [7, 11) is 0. The molecule has 0 bridgehead atoms. The smallest absolute Gasteiger partial charge is 0.417 e. The van der Waals surface area contributed by atoms with E-state index in [0.717, 1.165) is 6.07 Å². The molecule has 2 rings (SSSR count). The molecule has 0 saturated carbocycles. The van der Waals surface area contributed by atoms with E-state index in [0.29, 0.717) is 17.5 Å². The van der Waals surface area contributed by atoms with Crippen LogP contribution in [0.25, 0.3) is 0 Å². The lowest BCUT2D eigenvalue weighted by Crippen LogP contribution is -2.05. The molecule has 0 spiro atoms. The van der Waals surface area contributed by atoms with E-state index in [2.05, 4.69) is 4.98 Å². The number of rotatable bonds is 3. The van der Waals surface area contributed by atoms with Gasteiger partial charge in [-0.25, -0.2) is 4.98 Å². The Labute approximate surface area is 123 Å². The highest BCUT2D eigenvalue weighted by Crippen LogP contribution is 2.34. The number of aromatic nitrogens is 1. The molecule has 1 aromatic heterocycles. The highest BCUT2D eigenvalue weighted by atomic mass is 35.5.